The summed E-state index contributed by atoms with van der Waals surface area (Å²) in [5, 5.41) is 20.2. The van der Waals surface area contributed by atoms with E-state index in [1.165, 1.54) is 17.5 Å². The Morgan fingerprint density at radius 1 is 1.25 bits per heavy atom. The molecule has 0 bridgehead atoms. The maximum Gasteiger partial charge on any atom is 0.272 e. The van der Waals surface area contributed by atoms with Crippen molar-refractivity contribution in [1.29, 1.82) is 10.7 Å². The van der Waals surface area contributed by atoms with Crippen LogP contribution >= 0.6 is 0 Å². The predicted molar refractivity (Wildman–Crippen MR) is 119 cm³/mol. The molecule has 0 amide bonds. The maximum atomic E-state index is 9.08. The van der Waals surface area contributed by atoms with E-state index in [1.807, 2.05) is 27.7 Å². The van der Waals surface area contributed by atoms with Crippen molar-refractivity contribution in [2.45, 2.75) is 60.2 Å². The van der Waals surface area contributed by atoms with Crippen molar-refractivity contribution in [3.63, 3.8) is 0 Å². The Hall–Kier alpha value is -2.88. The number of anilines is 2. The van der Waals surface area contributed by atoms with E-state index < -0.39 is 0 Å². The van der Waals surface area contributed by atoms with E-state index in [4.69, 9.17) is 16.4 Å². The van der Waals surface area contributed by atoms with Crippen LogP contribution in [0.2, 0.25) is 6.32 Å². The highest BCUT2D eigenvalue weighted by Crippen LogP contribution is 2.23. The van der Waals surface area contributed by atoms with E-state index >= 15 is 0 Å². The second kappa shape index (κ2) is 11.8. The van der Waals surface area contributed by atoms with Gasteiger partial charge in [-0.15, -0.1) is 0 Å². The van der Waals surface area contributed by atoms with Gasteiger partial charge in [0.2, 0.25) is 0 Å². The Morgan fingerprint density at radius 3 is 2.61 bits per heavy atom. The topological polar surface area (TPSA) is 111 Å². The van der Waals surface area contributed by atoms with E-state index in [9.17, 15) is 0 Å². The summed E-state index contributed by atoms with van der Waals surface area (Å²) in [6.45, 7) is 10.4. The molecule has 4 N–H and O–H groups in total. The largest absolute Gasteiger partial charge is 0.383 e. The zero-order chi connectivity index (χ0) is 21.1. The lowest BCUT2D eigenvalue weighted by atomic mass is 9.42. The van der Waals surface area contributed by atoms with Gasteiger partial charge >= 0.3 is 0 Å². The lowest BCUT2D eigenvalue weighted by Gasteiger charge is -2.19. The van der Waals surface area contributed by atoms with Crippen molar-refractivity contribution < 1.29 is 0 Å². The Kier molecular flexibility index (Phi) is 9.73. The molecule has 2 heterocycles. The molecule has 1 aromatic heterocycles. The molecule has 0 fully saturated rings. The average Bonchev–Trinajstić information content (AvgIpc) is 2.74. The number of nitrogen functional groups attached to an aromatic ring is 1. The molecular formula is C21H31BN6. The van der Waals surface area contributed by atoms with Crippen LogP contribution in [-0.2, 0) is 19.3 Å². The molecule has 0 saturated carbocycles. The Balaban J connectivity index is 0.000000921. The monoisotopic (exact) mass is 378 g/mol. The highest BCUT2D eigenvalue weighted by Gasteiger charge is 2.22. The van der Waals surface area contributed by atoms with Crippen molar-refractivity contribution in [1.82, 2.24) is 9.97 Å². The number of hydrogen-bond acceptors (Lipinski definition) is 6. The second-order valence-electron chi connectivity index (χ2n) is 6.13. The first-order valence-electron chi connectivity index (χ1n) is 9.98. The number of aromatic nitrogens is 2. The summed E-state index contributed by atoms with van der Waals surface area (Å²) in [6.07, 6.45) is 4.13. The summed E-state index contributed by atoms with van der Waals surface area (Å²) in [5.41, 5.74) is 10.5. The van der Waals surface area contributed by atoms with Gasteiger partial charge in [-0.3, -0.25) is 0 Å². The molecule has 2 aromatic rings. The number of rotatable bonds is 4. The van der Waals surface area contributed by atoms with Gasteiger partial charge in [-0.25, -0.2) is 15.2 Å². The SMILES string of the molecule is CC.CC.CC(=N)c1c(N)ncnc1NCc1ccc2c(c1)CCB(C#N)C2. The minimum atomic E-state index is 0.142. The predicted octanol–water partition coefficient (Wildman–Crippen LogP) is 4.31. The van der Waals surface area contributed by atoms with Crippen LogP contribution in [0.15, 0.2) is 24.5 Å². The third-order valence-electron chi connectivity index (χ3n) is 4.39. The fourth-order valence-corrected chi connectivity index (χ4v) is 3.12. The molecule has 1 aliphatic rings. The van der Waals surface area contributed by atoms with Gasteiger partial charge in [0.05, 0.1) is 5.56 Å². The number of aryl methyl sites for hydroxylation is 1. The van der Waals surface area contributed by atoms with Crippen molar-refractivity contribution in [2.24, 2.45) is 0 Å². The van der Waals surface area contributed by atoms with Crippen LogP contribution in [0.5, 0.6) is 0 Å². The first kappa shape index (κ1) is 23.2. The Bertz CT molecular complexity index is 828. The van der Waals surface area contributed by atoms with Crippen LogP contribution in [0, 0.1) is 16.6 Å². The fourth-order valence-electron chi connectivity index (χ4n) is 3.12. The van der Waals surface area contributed by atoms with Gasteiger partial charge in [-0.05, 0) is 30.8 Å². The molecule has 0 unspecified atom stereocenters. The first-order valence-corrected chi connectivity index (χ1v) is 9.98. The third kappa shape index (κ3) is 5.81. The quantitative estimate of drug-likeness (QED) is 0.542. The summed E-state index contributed by atoms with van der Waals surface area (Å²) in [4.78, 5) is 8.15. The van der Waals surface area contributed by atoms with E-state index in [2.05, 4.69) is 39.5 Å². The maximum absolute atomic E-state index is 9.08. The number of nitrogens with zero attached hydrogens (tertiary/aromatic N) is 3. The smallest absolute Gasteiger partial charge is 0.272 e. The molecule has 0 radical (unpaired) electrons. The molecular weight excluding hydrogens is 347 g/mol. The van der Waals surface area contributed by atoms with Gasteiger partial charge in [0, 0.05) is 18.2 Å². The molecule has 0 aliphatic carbocycles. The molecule has 148 valence electrons. The van der Waals surface area contributed by atoms with Crippen LogP contribution < -0.4 is 11.1 Å². The molecule has 28 heavy (non-hydrogen) atoms. The lowest BCUT2D eigenvalue weighted by Crippen LogP contribution is -2.22. The molecule has 1 aliphatic heterocycles. The van der Waals surface area contributed by atoms with Crippen LogP contribution in [0.3, 0.4) is 0 Å². The lowest BCUT2D eigenvalue weighted by molar-refractivity contribution is 1.00. The first-order chi connectivity index (χ1) is 13.6. The molecule has 3 rings (SSSR count). The molecule has 6 nitrogen and oxygen atoms in total. The van der Waals surface area contributed by atoms with Gasteiger partial charge in [-0.1, -0.05) is 57.8 Å². The Labute approximate surface area is 169 Å². The third-order valence-corrected chi connectivity index (χ3v) is 4.39. The molecule has 0 saturated heterocycles. The summed E-state index contributed by atoms with van der Waals surface area (Å²) in [7, 11) is 0. The van der Waals surface area contributed by atoms with Gasteiger partial charge in [0.25, 0.3) is 6.71 Å². The zero-order valence-electron chi connectivity index (χ0n) is 17.6. The van der Waals surface area contributed by atoms with E-state index in [0.29, 0.717) is 29.5 Å². The van der Waals surface area contributed by atoms with E-state index in [-0.39, 0.29) is 6.71 Å². The second-order valence-corrected chi connectivity index (χ2v) is 6.13. The molecule has 1 aromatic carbocycles. The van der Waals surface area contributed by atoms with E-state index in [1.54, 1.807) is 6.92 Å². The van der Waals surface area contributed by atoms with Gasteiger partial charge in [0.15, 0.2) is 0 Å². The summed E-state index contributed by atoms with van der Waals surface area (Å²) < 4.78 is 0. The molecule has 7 heteroatoms. The van der Waals surface area contributed by atoms with Gasteiger partial charge in [0.1, 0.15) is 18.0 Å². The van der Waals surface area contributed by atoms with Crippen LogP contribution in [-0.4, -0.2) is 22.4 Å². The standard InChI is InChI=1S/C17H19BN6.2C2H6/c1-11(20)15-16(21)23-10-24-17(15)22-8-12-2-3-14-7-18(9-19)5-4-13(14)6-12;2*1-2/h2-3,6,10,20H,4-5,7-8H2,1H3,(H3,21,22,23,24);2*1-2H3. The summed E-state index contributed by atoms with van der Waals surface area (Å²) in [6, 6.07) is 6.39. The van der Waals surface area contributed by atoms with Crippen molar-refractivity contribution >= 4 is 24.1 Å². The summed E-state index contributed by atoms with van der Waals surface area (Å²) in [5.74, 6) is 3.26. The van der Waals surface area contributed by atoms with Gasteiger partial charge in [-0.2, -0.15) is 0 Å². The highest BCUT2D eigenvalue weighted by molar-refractivity contribution is 6.66. The molecule has 0 atom stereocenters. The van der Waals surface area contributed by atoms with Gasteiger partial charge < -0.3 is 16.5 Å². The van der Waals surface area contributed by atoms with Crippen LogP contribution in [0.25, 0.3) is 0 Å². The fraction of sp³-hybridized carbons (Fsp3) is 0.429. The number of nitrogens with two attached hydrogens (primary N) is 1. The number of nitrogens with one attached hydrogen (secondary N) is 2. The average molecular weight is 378 g/mol. The zero-order valence-corrected chi connectivity index (χ0v) is 17.6. The number of benzene rings is 1. The minimum absolute atomic E-state index is 0.142. The van der Waals surface area contributed by atoms with Crippen LogP contribution in [0.1, 0.15) is 56.9 Å². The van der Waals surface area contributed by atoms with Crippen molar-refractivity contribution in [2.75, 3.05) is 11.1 Å². The van der Waals surface area contributed by atoms with Crippen molar-refractivity contribution in [3.8, 4) is 5.97 Å². The van der Waals surface area contributed by atoms with Crippen molar-refractivity contribution in [3.05, 3.63) is 46.8 Å². The Morgan fingerprint density at radius 2 is 1.96 bits per heavy atom. The summed E-state index contributed by atoms with van der Waals surface area (Å²) >= 11 is 0. The number of nitriles is 1. The van der Waals surface area contributed by atoms with Crippen LogP contribution in [0.4, 0.5) is 11.6 Å². The van der Waals surface area contributed by atoms with E-state index in [0.717, 1.165) is 24.6 Å². The molecule has 0 spiro atoms. The number of fused-ring (bicyclic) bond motifs is 1. The normalized spacial score (nSPS) is 11.6. The minimum Gasteiger partial charge on any atom is -0.383 e. The highest BCUT2D eigenvalue weighted by atomic mass is 15.0. The number of hydrogen-bond donors (Lipinski definition) is 3.